The summed E-state index contributed by atoms with van der Waals surface area (Å²) in [7, 11) is 0. The van der Waals surface area contributed by atoms with E-state index >= 15 is 0 Å². The summed E-state index contributed by atoms with van der Waals surface area (Å²) in [5.41, 5.74) is 1.30. The molecule has 4 N–H and O–H groups in total. The number of rotatable bonds is 13. The highest BCUT2D eigenvalue weighted by Gasteiger charge is 2.29. The number of aromatic nitrogens is 4. The van der Waals surface area contributed by atoms with Crippen molar-refractivity contribution in [3.63, 3.8) is 0 Å². The number of nitrogens with one attached hydrogen (secondary N) is 3. The highest BCUT2D eigenvalue weighted by molar-refractivity contribution is 6.32. The number of hydrogen-bond acceptors (Lipinski definition) is 10. The third kappa shape index (κ3) is 8.59. The third-order valence-electron chi connectivity index (χ3n) is 7.86. The highest BCUT2D eigenvalue weighted by atomic mass is 35.5. The largest absolute Gasteiger partial charge is 0.487 e. The van der Waals surface area contributed by atoms with Crippen LogP contribution in [0.5, 0.6) is 11.6 Å². The molecular formula is C31H43ClN8O4. The van der Waals surface area contributed by atoms with Crippen molar-refractivity contribution in [2.24, 2.45) is 0 Å². The van der Waals surface area contributed by atoms with Gasteiger partial charge in [-0.15, -0.1) is 5.10 Å². The Morgan fingerprint density at radius 3 is 2.52 bits per heavy atom. The molecule has 0 spiro atoms. The van der Waals surface area contributed by atoms with E-state index in [-0.39, 0.29) is 18.8 Å². The number of ether oxygens (including phenoxy) is 3. The van der Waals surface area contributed by atoms with Gasteiger partial charge in [0.15, 0.2) is 0 Å². The van der Waals surface area contributed by atoms with Crippen molar-refractivity contribution in [2.75, 3.05) is 44.8 Å². The van der Waals surface area contributed by atoms with Gasteiger partial charge in [0.05, 0.1) is 49.0 Å². The van der Waals surface area contributed by atoms with Crippen molar-refractivity contribution in [1.29, 1.82) is 5.41 Å². The average molecular weight is 627 g/mol. The van der Waals surface area contributed by atoms with Crippen LogP contribution < -0.4 is 20.1 Å². The maximum Gasteiger partial charge on any atom is 0.257 e. The fraction of sp³-hybridized carbons (Fsp3) is 0.548. The Hall–Kier alpha value is -3.45. The molecule has 12 nitrogen and oxygen atoms in total. The first kappa shape index (κ1) is 32.0. The Bertz CT molecular complexity index is 1370. The zero-order valence-corrected chi connectivity index (χ0v) is 26.4. The maximum absolute atomic E-state index is 10.3. The molecule has 0 bridgehead atoms. The number of halogens is 1. The van der Waals surface area contributed by atoms with E-state index in [4.69, 9.17) is 36.3 Å². The Morgan fingerprint density at radius 2 is 1.84 bits per heavy atom. The summed E-state index contributed by atoms with van der Waals surface area (Å²) < 4.78 is 19.4. The molecule has 2 aromatic heterocycles. The van der Waals surface area contributed by atoms with E-state index in [1.165, 1.54) is 0 Å². The van der Waals surface area contributed by atoms with Gasteiger partial charge < -0.3 is 30.0 Å². The van der Waals surface area contributed by atoms with E-state index in [2.05, 4.69) is 25.5 Å². The van der Waals surface area contributed by atoms with Gasteiger partial charge in [-0.2, -0.15) is 0 Å². The van der Waals surface area contributed by atoms with Crippen molar-refractivity contribution < 1.29 is 19.3 Å². The summed E-state index contributed by atoms with van der Waals surface area (Å²) in [6, 6.07) is 6.39. The lowest BCUT2D eigenvalue weighted by Gasteiger charge is -2.38. The maximum atomic E-state index is 10.3. The van der Waals surface area contributed by atoms with E-state index in [1.54, 1.807) is 32.3 Å². The number of aliphatic hydroxyl groups is 1. The van der Waals surface area contributed by atoms with Gasteiger partial charge in [-0.3, -0.25) is 15.0 Å². The van der Waals surface area contributed by atoms with Crippen LogP contribution >= 0.6 is 11.6 Å². The summed E-state index contributed by atoms with van der Waals surface area (Å²) in [5, 5.41) is 28.8. The van der Waals surface area contributed by atoms with Crippen LogP contribution in [0.15, 0.2) is 36.8 Å². The summed E-state index contributed by atoms with van der Waals surface area (Å²) in [6.07, 6.45) is 10.7. The smallest absolute Gasteiger partial charge is 0.257 e. The van der Waals surface area contributed by atoms with Crippen LogP contribution in [0, 0.1) is 5.41 Å². The minimum atomic E-state index is -1.01. The molecule has 1 saturated carbocycles. The molecule has 3 aromatic rings. The lowest BCUT2D eigenvalue weighted by molar-refractivity contribution is 0.00492. The van der Waals surface area contributed by atoms with Crippen molar-refractivity contribution in [3.05, 3.63) is 41.8 Å². The van der Waals surface area contributed by atoms with E-state index in [0.29, 0.717) is 40.9 Å². The first-order valence-electron chi connectivity index (χ1n) is 15.2. The predicted octanol–water partition coefficient (Wildman–Crippen LogP) is 4.67. The van der Waals surface area contributed by atoms with Crippen molar-refractivity contribution in [1.82, 2.24) is 30.0 Å². The Kier molecular flexibility index (Phi) is 10.6. The average Bonchev–Trinajstić information content (AvgIpc) is 3.43. The van der Waals surface area contributed by atoms with E-state index in [9.17, 15) is 5.11 Å². The molecule has 44 heavy (non-hydrogen) atoms. The van der Waals surface area contributed by atoms with Crippen LogP contribution in [-0.2, 0) is 4.74 Å². The first-order valence-corrected chi connectivity index (χ1v) is 15.6. The summed E-state index contributed by atoms with van der Waals surface area (Å²) in [5.74, 6) is 1.35. The van der Waals surface area contributed by atoms with Crippen molar-refractivity contribution >= 4 is 29.6 Å². The first-order chi connectivity index (χ1) is 21.2. The second-order valence-electron chi connectivity index (χ2n) is 12.1. The van der Waals surface area contributed by atoms with Gasteiger partial charge in [0.1, 0.15) is 24.1 Å². The Labute approximate surface area is 263 Å². The molecule has 1 aliphatic carbocycles. The van der Waals surface area contributed by atoms with Crippen molar-refractivity contribution in [2.45, 2.75) is 70.2 Å². The van der Waals surface area contributed by atoms with Crippen LogP contribution in [0.4, 0.5) is 11.6 Å². The molecule has 5 rings (SSSR count). The molecule has 238 valence electrons. The van der Waals surface area contributed by atoms with E-state index < -0.39 is 5.60 Å². The minimum Gasteiger partial charge on any atom is -0.487 e. The van der Waals surface area contributed by atoms with Gasteiger partial charge in [-0.25, -0.2) is 9.97 Å². The van der Waals surface area contributed by atoms with Gasteiger partial charge in [-0.1, -0.05) is 17.7 Å². The third-order valence-corrected chi connectivity index (χ3v) is 8.17. The molecule has 1 saturated heterocycles. The molecule has 1 atom stereocenters. The lowest BCUT2D eigenvalue weighted by atomic mass is 9.90. The Balaban J connectivity index is 1.28. The van der Waals surface area contributed by atoms with Crippen LogP contribution in [0.25, 0.3) is 11.1 Å². The molecule has 0 amide bonds. The van der Waals surface area contributed by atoms with Gasteiger partial charge in [0, 0.05) is 37.1 Å². The molecular weight excluding hydrogens is 584 g/mol. The number of anilines is 2. The standard InChI is InChI=1S/C31H43ClN8O4/c1-21(15-34-20-33)44-28-14-22(4-9-26(28)32)23-16-35-30(36-17-23)37-27-18-40(38-29(27)43-19-31(2,3)41)25-7-5-24(6-8-25)39-10-12-42-13-11-39/h4,9,14,16-18,20-21,24-25,41H,5-8,10-13,15,19H2,1-3H3,(H2,33,34)(H,35,36,37)/t21-,24-,25-/m0/s1. The zero-order chi connectivity index (χ0) is 31.1. The van der Waals surface area contributed by atoms with Crippen LogP contribution in [-0.4, -0.2) is 93.3 Å². The van der Waals surface area contributed by atoms with E-state index in [0.717, 1.165) is 69.5 Å². The fourth-order valence-electron chi connectivity index (χ4n) is 5.55. The summed E-state index contributed by atoms with van der Waals surface area (Å²) in [4.78, 5) is 11.7. The molecule has 1 aliphatic heterocycles. The molecule has 2 fully saturated rings. The number of nitrogens with zero attached hydrogens (tertiary/aromatic N) is 5. The van der Waals surface area contributed by atoms with Gasteiger partial charge in [0.2, 0.25) is 5.95 Å². The van der Waals surface area contributed by atoms with Crippen LogP contribution in [0.1, 0.15) is 52.5 Å². The monoisotopic (exact) mass is 626 g/mol. The van der Waals surface area contributed by atoms with Gasteiger partial charge in [0.25, 0.3) is 5.88 Å². The van der Waals surface area contributed by atoms with Crippen LogP contribution in [0.2, 0.25) is 5.02 Å². The SMILES string of the molecule is C[C@@H](CNC=N)Oc1cc(-c2cnc(Nc3cn([C@H]4CC[C@H](N5CCOCC5)CC4)nc3OCC(C)(C)O)nc2)ccc1Cl. The second kappa shape index (κ2) is 14.6. The molecule has 3 heterocycles. The molecule has 0 unspecified atom stereocenters. The highest BCUT2D eigenvalue weighted by Crippen LogP contribution is 2.35. The summed E-state index contributed by atoms with van der Waals surface area (Å²) >= 11 is 6.37. The number of benzene rings is 1. The van der Waals surface area contributed by atoms with E-state index in [1.807, 2.05) is 29.9 Å². The van der Waals surface area contributed by atoms with Gasteiger partial charge >= 0.3 is 0 Å². The number of morpholine rings is 1. The Morgan fingerprint density at radius 1 is 1.14 bits per heavy atom. The van der Waals surface area contributed by atoms with Crippen molar-refractivity contribution in [3.8, 4) is 22.8 Å². The second-order valence-corrected chi connectivity index (χ2v) is 12.5. The minimum absolute atomic E-state index is 0.0965. The molecule has 1 aromatic carbocycles. The lowest BCUT2D eigenvalue weighted by Crippen LogP contribution is -2.45. The molecule has 0 radical (unpaired) electrons. The summed E-state index contributed by atoms with van der Waals surface area (Å²) in [6.45, 7) is 9.54. The quantitative estimate of drug-likeness (QED) is 0.156. The molecule has 13 heteroatoms. The normalized spacial score (nSPS) is 20.1. The number of hydrogen-bond donors (Lipinski definition) is 4. The fourth-order valence-corrected chi connectivity index (χ4v) is 5.71. The van der Waals surface area contributed by atoms with Crippen LogP contribution in [0.3, 0.4) is 0 Å². The predicted molar refractivity (Wildman–Crippen MR) is 170 cm³/mol. The van der Waals surface area contributed by atoms with Gasteiger partial charge in [-0.05, 0) is 64.2 Å². The molecule has 2 aliphatic rings. The zero-order valence-electron chi connectivity index (χ0n) is 25.6. The topological polar surface area (TPSA) is 143 Å².